The van der Waals surface area contributed by atoms with Gasteiger partial charge in [0.1, 0.15) is 5.41 Å². The summed E-state index contributed by atoms with van der Waals surface area (Å²) < 4.78 is 0. The predicted octanol–water partition coefficient (Wildman–Crippen LogP) is 1.23. The number of carbonyl (C=O) groups excluding carboxylic acids is 3. The van der Waals surface area contributed by atoms with Gasteiger partial charge in [-0.25, -0.2) is 4.79 Å². The Bertz CT molecular complexity index is 372. The van der Waals surface area contributed by atoms with E-state index in [1.807, 2.05) is 0 Å². The molecule has 0 saturated carbocycles. The molecule has 0 aromatic carbocycles. The second-order valence-electron chi connectivity index (χ2n) is 5.87. The maximum atomic E-state index is 12.1. The van der Waals surface area contributed by atoms with Gasteiger partial charge in [-0.05, 0) is 12.5 Å². The van der Waals surface area contributed by atoms with E-state index in [0.717, 1.165) is 18.9 Å². The maximum absolute atomic E-state index is 12.1. The van der Waals surface area contributed by atoms with E-state index in [4.69, 9.17) is 0 Å². The van der Waals surface area contributed by atoms with E-state index in [2.05, 4.69) is 23.7 Å². The minimum atomic E-state index is -1.54. The van der Waals surface area contributed by atoms with E-state index in [9.17, 15) is 14.4 Å². The summed E-state index contributed by atoms with van der Waals surface area (Å²) in [5.41, 5.74) is -0.986. The lowest BCUT2D eigenvalue weighted by Crippen LogP contribution is -2.63. The van der Waals surface area contributed by atoms with Crippen molar-refractivity contribution in [2.45, 2.75) is 44.4 Å². The minimum absolute atomic E-state index is 0.395. The molecule has 0 aliphatic carbocycles. The molecule has 2 aliphatic heterocycles. The zero-order valence-corrected chi connectivity index (χ0v) is 11.3. The molecule has 0 unspecified atom stereocenters. The highest BCUT2D eigenvalue weighted by Crippen LogP contribution is 2.41. The molecule has 2 saturated heterocycles. The number of imide groups is 2. The molecule has 4 amide bonds. The SMILES string of the molecule is C[Si]1(C)CCCCC2(C1)C(=O)NC(=O)NC2=O. The summed E-state index contributed by atoms with van der Waals surface area (Å²) in [5, 5.41) is 4.50. The van der Waals surface area contributed by atoms with E-state index < -0.39 is 31.3 Å². The van der Waals surface area contributed by atoms with Gasteiger partial charge in [0.15, 0.2) is 0 Å². The quantitative estimate of drug-likeness (QED) is 0.504. The van der Waals surface area contributed by atoms with Crippen LogP contribution < -0.4 is 10.6 Å². The van der Waals surface area contributed by atoms with Crippen LogP contribution >= 0.6 is 0 Å². The molecule has 2 N–H and O–H groups in total. The Morgan fingerprint density at radius 1 is 1.06 bits per heavy atom. The summed E-state index contributed by atoms with van der Waals surface area (Å²) in [5.74, 6) is -0.789. The van der Waals surface area contributed by atoms with Crippen molar-refractivity contribution in [3.05, 3.63) is 0 Å². The summed E-state index contributed by atoms with van der Waals surface area (Å²) in [7, 11) is -1.54. The number of hydrogen-bond acceptors (Lipinski definition) is 3. The second kappa shape index (κ2) is 3.94. The second-order valence-corrected chi connectivity index (χ2v) is 11.0. The number of rotatable bonds is 0. The van der Waals surface area contributed by atoms with Gasteiger partial charge in [-0.2, -0.15) is 0 Å². The van der Waals surface area contributed by atoms with Gasteiger partial charge in [0.2, 0.25) is 11.8 Å². The Balaban J connectivity index is 2.35. The highest BCUT2D eigenvalue weighted by Gasteiger charge is 2.53. The van der Waals surface area contributed by atoms with Crippen molar-refractivity contribution in [1.29, 1.82) is 0 Å². The first kappa shape index (κ1) is 12.3. The zero-order valence-electron chi connectivity index (χ0n) is 10.3. The molecule has 94 valence electrons. The molecule has 0 atom stereocenters. The van der Waals surface area contributed by atoms with Crippen molar-refractivity contribution in [3.8, 4) is 0 Å². The van der Waals surface area contributed by atoms with Crippen LogP contribution in [-0.4, -0.2) is 25.9 Å². The van der Waals surface area contributed by atoms with Crippen molar-refractivity contribution in [1.82, 2.24) is 10.6 Å². The van der Waals surface area contributed by atoms with Crippen LogP contribution in [0.15, 0.2) is 0 Å². The van der Waals surface area contributed by atoms with Crippen molar-refractivity contribution in [2.75, 3.05) is 0 Å². The van der Waals surface area contributed by atoms with Gasteiger partial charge in [-0.3, -0.25) is 20.2 Å². The molecule has 17 heavy (non-hydrogen) atoms. The lowest BCUT2D eigenvalue weighted by Gasteiger charge is -2.36. The fraction of sp³-hybridized carbons (Fsp3) is 0.727. The highest BCUT2D eigenvalue weighted by molar-refractivity contribution is 6.78. The van der Waals surface area contributed by atoms with Crippen LogP contribution in [0.3, 0.4) is 0 Å². The Labute approximate surface area is 101 Å². The molecule has 0 aromatic heterocycles. The van der Waals surface area contributed by atoms with Gasteiger partial charge < -0.3 is 0 Å². The van der Waals surface area contributed by atoms with Crippen molar-refractivity contribution >= 4 is 25.9 Å². The Kier molecular flexibility index (Phi) is 2.85. The lowest BCUT2D eigenvalue weighted by atomic mass is 9.81. The third-order valence-corrected chi connectivity index (χ3v) is 7.08. The zero-order chi connectivity index (χ0) is 12.7. The van der Waals surface area contributed by atoms with Crippen LogP contribution in [0.1, 0.15) is 19.3 Å². The van der Waals surface area contributed by atoms with Crippen LogP contribution in [0.2, 0.25) is 25.2 Å². The van der Waals surface area contributed by atoms with Crippen LogP contribution in [0.5, 0.6) is 0 Å². The third-order valence-electron chi connectivity index (χ3n) is 3.81. The topological polar surface area (TPSA) is 75.3 Å². The van der Waals surface area contributed by atoms with Crippen LogP contribution in [0, 0.1) is 5.41 Å². The molecule has 1 spiro atoms. The summed E-state index contributed by atoms with van der Waals surface area (Å²) >= 11 is 0. The number of urea groups is 1. The summed E-state index contributed by atoms with van der Waals surface area (Å²) in [6, 6.07) is 1.10. The van der Waals surface area contributed by atoms with E-state index in [0.29, 0.717) is 12.5 Å². The molecule has 2 fully saturated rings. The molecule has 5 nitrogen and oxygen atoms in total. The van der Waals surface area contributed by atoms with Gasteiger partial charge in [0, 0.05) is 8.07 Å². The third kappa shape index (κ3) is 2.13. The largest absolute Gasteiger partial charge is 0.328 e. The Morgan fingerprint density at radius 3 is 2.24 bits per heavy atom. The van der Waals surface area contributed by atoms with E-state index in [1.54, 1.807) is 0 Å². The Morgan fingerprint density at radius 2 is 1.65 bits per heavy atom. The molecule has 2 aliphatic rings. The number of barbiturate groups is 1. The number of amides is 4. The average molecular weight is 254 g/mol. The number of carbonyl (C=O) groups is 3. The molecule has 0 aromatic rings. The highest BCUT2D eigenvalue weighted by atomic mass is 28.3. The molecule has 6 heteroatoms. The predicted molar refractivity (Wildman–Crippen MR) is 65.1 cm³/mol. The molecular formula is C11H18N2O3Si. The van der Waals surface area contributed by atoms with Crippen LogP contribution in [-0.2, 0) is 9.59 Å². The average Bonchev–Trinajstić information content (AvgIpc) is 2.35. The van der Waals surface area contributed by atoms with Crippen molar-refractivity contribution in [2.24, 2.45) is 5.41 Å². The molecule has 0 bridgehead atoms. The van der Waals surface area contributed by atoms with Crippen LogP contribution in [0.4, 0.5) is 4.79 Å². The summed E-state index contributed by atoms with van der Waals surface area (Å²) in [4.78, 5) is 35.2. The van der Waals surface area contributed by atoms with Crippen molar-refractivity contribution < 1.29 is 14.4 Å². The monoisotopic (exact) mass is 254 g/mol. The minimum Gasteiger partial charge on any atom is -0.277 e. The lowest BCUT2D eigenvalue weighted by molar-refractivity contribution is -0.143. The fourth-order valence-corrected chi connectivity index (χ4v) is 6.51. The smallest absolute Gasteiger partial charge is 0.277 e. The van der Waals surface area contributed by atoms with E-state index >= 15 is 0 Å². The molecule has 2 heterocycles. The summed E-state index contributed by atoms with van der Waals surface area (Å²) in [6.07, 6.45) is 2.52. The van der Waals surface area contributed by atoms with Crippen LogP contribution in [0.25, 0.3) is 0 Å². The van der Waals surface area contributed by atoms with E-state index in [1.165, 1.54) is 0 Å². The van der Waals surface area contributed by atoms with Gasteiger partial charge >= 0.3 is 6.03 Å². The number of hydrogen-bond donors (Lipinski definition) is 2. The first-order valence-electron chi connectivity index (χ1n) is 6.03. The fourth-order valence-electron chi connectivity index (χ4n) is 2.99. The van der Waals surface area contributed by atoms with Gasteiger partial charge in [-0.1, -0.05) is 32.0 Å². The van der Waals surface area contributed by atoms with Crippen molar-refractivity contribution in [3.63, 3.8) is 0 Å². The molecular weight excluding hydrogens is 236 g/mol. The standard InChI is InChI=1S/C11H18N2O3Si/c1-17(2)6-4-3-5-11(7-17)8(14)12-10(16)13-9(11)15/h3-7H2,1-2H3,(H2,12,13,14,15,16). The first-order valence-corrected chi connectivity index (χ1v) is 9.44. The normalized spacial score (nSPS) is 27.3. The maximum Gasteiger partial charge on any atom is 0.328 e. The Hall–Kier alpha value is -1.17. The number of nitrogens with one attached hydrogen (secondary N) is 2. The van der Waals surface area contributed by atoms with Gasteiger partial charge in [0.05, 0.1) is 0 Å². The molecule has 0 radical (unpaired) electrons. The van der Waals surface area contributed by atoms with Gasteiger partial charge in [0.25, 0.3) is 0 Å². The van der Waals surface area contributed by atoms with Gasteiger partial charge in [-0.15, -0.1) is 0 Å². The first-order chi connectivity index (χ1) is 7.86. The molecule has 2 rings (SSSR count). The van der Waals surface area contributed by atoms with E-state index in [-0.39, 0.29) is 0 Å². The summed E-state index contributed by atoms with van der Waals surface area (Å²) in [6.45, 7) is 4.41.